The second-order valence-electron chi connectivity index (χ2n) is 3.26. The summed E-state index contributed by atoms with van der Waals surface area (Å²) >= 11 is 0. The molecule has 0 aliphatic rings. The molecule has 0 unspecified atom stereocenters. The summed E-state index contributed by atoms with van der Waals surface area (Å²) in [6.45, 7) is 1.85. The Hall–Kier alpha value is -1.97. The molecule has 0 aliphatic carbocycles. The molecule has 0 amide bonds. The van der Waals surface area contributed by atoms with Crippen molar-refractivity contribution in [3.8, 4) is 0 Å². The molecule has 0 N–H and O–H groups in total. The van der Waals surface area contributed by atoms with Crippen molar-refractivity contribution in [1.82, 2.24) is 0 Å². The van der Waals surface area contributed by atoms with E-state index in [2.05, 4.69) is 0 Å². The second-order valence-corrected chi connectivity index (χ2v) is 3.26. The zero-order valence-electron chi connectivity index (χ0n) is 9.48. The van der Waals surface area contributed by atoms with Crippen LogP contribution in [0.3, 0.4) is 0 Å². The Bertz CT molecular complexity index is 438. The number of carbonyl (C=O) groups excluding carboxylic acids is 2. The van der Waals surface area contributed by atoms with Crippen LogP contribution in [0, 0.1) is 5.82 Å². The van der Waals surface area contributed by atoms with Crippen molar-refractivity contribution in [3.05, 3.63) is 41.2 Å². The fourth-order valence-electron chi connectivity index (χ4n) is 1.27. The molecular weight excluding hydrogens is 223 g/mol. The molecule has 90 valence electrons. The summed E-state index contributed by atoms with van der Waals surface area (Å²) in [6.07, 6.45) is 4.32. The van der Waals surface area contributed by atoms with Gasteiger partial charge in [0, 0.05) is 6.42 Å². The van der Waals surface area contributed by atoms with Gasteiger partial charge in [0.2, 0.25) is 0 Å². The topological polar surface area (TPSA) is 43.4 Å². The molecule has 0 aromatic heterocycles. The number of halogens is 1. The monoisotopic (exact) mass is 236 g/mol. The van der Waals surface area contributed by atoms with Crippen molar-refractivity contribution in [2.75, 3.05) is 6.61 Å². The van der Waals surface area contributed by atoms with Gasteiger partial charge in [0.25, 0.3) is 0 Å². The molecule has 1 rings (SSSR count). The van der Waals surface area contributed by atoms with Crippen LogP contribution in [0.5, 0.6) is 0 Å². The summed E-state index contributed by atoms with van der Waals surface area (Å²) in [5.41, 5.74) is 0.552. The van der Waals surface area contributed by atoms with Crippen molar-refractivity contribution >= 4 is 18.3 Å². The van der Waals surface area contributed by atoms with E-state index < -0.39 is 11.8 Å². The first kappa shape index (κ1) is 13.1. The first-order chi connectivity index (χ1) is 8.19. The maximum absolute atomic E-state index is 13.4. The molecule has 17 heavy (non-hydrogen) atoms. The Morgan fingerprint density at radius 2 is 2.24 bits per heavy atom. The molecule has 1 aromatic carbocycles. The van der Waals surface area contributed by atoms with Crippen LogP contribution in [0.25, 0.3) is 6.08 Å². The van der Waals surface area contributed by atoms with Gasteiger partial charge in [0.1, 0.15) is 12.1 Å². The van der Waals surface area contributed by atoms with Crippen molar-refractivity contribution in [1.29, 1.82) is 0 Å². The number of carbonyl (C=O) groups is 2. The SMILES string of the molecule is CCOC(=O)c1cc(C=CCC=O)ccc1F. The average molecular weight is 236 g/mol. The van der Waals surface area contributed by atoms with E-state index >= 15 is 0 Å². The van der Waals surface area contributed by atoms with Crippen molar-refractivity contribution in [2.45, 2.75) is 13.3 Å². The van der Waals surface area contributed by atoms with E-state index in [0.29, 0.717) is 5.56 Å². The molecule has 0 spiro atoms. The number of aldehydes is 1. The van der Waals surface area contributed by atoms with Crippen LogP contribution < -0.4 is 0 Å². The summed E-state index contributed by atoms with van der Waals surface area (Å²) in [5.74, 6) is -1.30. The van der Waals surface area contributed by atoms with Gasteiger partial charge in [-0.05, 0) is 24.6 Å². The van der Waals surface area contributed by atoms with Gasteiger partial charge in [-0.1, -0.05) is 18.2 Å². The maximum Gasteiger partial charge on any atom is 0.341 e. The van der Waals surface area contributed by atoms with E-state index in [4.69, 9.17) is 4.74 Å². The summed E-state index contributed by atoms with van der Waals surface area (Å²) in [7, 11) is 0. The highest BCUT2D eigenvalue weighted by Gasteiger charge is 2.12. The minimum atomic E-state index is -0.685. The highest BCUT2D eigenvalue weighted by molar-refractivity contribution is 5.90. The number of benzene rings is 1. The largest absolute Gasteiger partial charge is 0.462 e. The lowest BCUT2D eigenvalue weighted by Crippen LogP contribution is -2.07. The molecule has 0 radical (unpaired) electrons. The number of hydrogen-bond acceptors (Lipinski definition) is 3. The van der Waals surface area contributed by atoms with Gasteiger partial charge in [-0.2, -0.15) is 0 Å². The number of hydrogen-bond donors (Lipinski definition) is 0. The zero-order valence-corrected chi connectivity index (χ0v) is 9.48. The van der Waals surface area contributed by atoms with Gasteiger partial charge >= 0.3 is 5.97 Å². The number of esters is 1. The lowest BCUT2D eigenvalue weighted by atomic mass is 10.1. The lowest BCUT2D eigenvalue weighted by molar-refractivity contribution is -0.107. The van der Waals surface area contributed by atoms with Crippen LogP contribution in [0.1, 0.15) is 29.3 Å². The first-order valence-corrected chi connectivity index (χ1v) is 5.26. The van der Waals surface area contributed by atoms with E-state index in [1.54, 1.807) is 19.1 Å². The van der Waals surface area contributed by atoms with Gasteiger partial charge in [0.05, 0.1) is 12.2 Å². The van der Waals surface area contributed by atoms with Crippen molar-refractivity contribution in [3.63, 3.8) is 0 Å². The molecule has 0 bridgehead atoms. The van der Waals surface area contributed by atoms with E-state index in [1.807, 2.05) is 0 Å². The molecule has 0 aliphatic heterocycles. The fraction of sp³-hybridized carbons (Fsp3) is 0.231. The quantitative estimate of drug-likeness (QED) is 0.583. The summed E-state index contributed by atoms with van der Waals surface area (Å²) in [6, 6.07) is 4.13. The van der Waals surface area contributed by atoms with E-state index in [1.165, 1.54) is 18.2 Å². The standard InChI is InChI=1S/C13H13FO3/c1-2-17-13(16)11-9-10(5-3-4-8-15)6-7-12(11)14/h3,5-9H,2,4H2,1H3. The minimum absolute atomic E-state index is 0.0971. The Balaban J connectivity index is 2.93. The molecule has 0 heterocycles. The van der Waals surface area contributed by atoms with Crippen LogP contribution in [0.2, 0.25) is 0 Å². The predicted molar refractivity (Wildman–Crippen MR) is 62.1 cm³/mol. The van der Waals surface area contributed by atoms with Crippen LogP contribution in [0.15, 0.2) is 24.3 Å². The molecule has 1 aromatic rings. The highest BCUT2D eigenvalue weighted by Crippen LogP contribution is 2.13. The maximum atomic E-state index is 13.4. The highest BCUT2D eigenvalue weighted by atomic mass is 19.1. The third-order valence-corrected chi connectivity index (χ3v) is 2.03. The van der Waals surface area contributed by atoms with Crippen LogP contribution in [-0.2, 0) is 9.53 Å². The van der Waals surface area contributed by atoms with Crippen molar-refractivity contribution < 1.29 is 18.7 Å². The Labute approximate surface area is 98.9 Å². The Kier molecular flexibility index (Phi) is 5.07. The summed E-state index contributed by atoms with van der Waals surface area (Å²) in [4.78, 5) is 21.5. The molecule has 0 fully saturated rings. The average Bonchev–Trinajstić information content (AvgIpc) is 2.32. The predicted octanol–water partition coefficient (Wildman–Crippen LogP) is 2.60. The summed E-state index contributed by atoms with van der Waals surface area (Å²) in [5, 5.41) is 0. The molecular formula is C13H13FO3. The van der Waals surface area contributed by atoms with Gasteiger partial charge in [-0.15, -0.1) is 0 Å². The minimum Gasteiger partial charge on any atom is -0.462 e. The van der Waals surface area contributed by atoms with Crippen molar-refractivity contribution in [2.24, 2.45) is 0 Å². The normalized spacial score (nSPS) is 10.5. The number of ether oxygens (including phenoxy) is 1. The van der Waals surface area contributed by atoms with E-state index in [0.717, 1.165) is 6.29 Å². The van der Waals surface area contributed by atoms with Crippen LogP contribution >= 0.6 is 0 Å². The van der Waals surface area contributed by atoms with E-state index in [-0.39, 0.29) is 18.6 Å². The molecule has 0 saturated heterocycles. The number of allylic oxidation sites excluding steroid dienone is 1. The zero-order chi connectivity index (χ0) is 12.7. The molecule has 3 nitrogen and oxygen atoms in total. The smallest absolute Gasteiger partial charge is 0.341 e. The Morgan fingerprint density at radius 3 is 2.88 bits per heavy atom. The first-order valence-electron chi connectivity index (χ1n) is 5.26. The fourth-order valence-corrected chi connectivity index (χ4v) is 1.27. The molecule has 0 saturated carbocycles. The summed E-state index contributed by atoms with van der Waals surface area (Å²) < 4.78 is 18.1. The van der Waals surface area contributed by atoms with Crippen LogP contribution in [-0.4, -0.2) is 18.9 Å². The van der Waals surface area contributed by atoms with Gasteiger partial charge in [-0.25, -0.2) is 9.18 Å². The van der Waals surface area contributed by atoms with Crippen LogP contribution in [0.4, 0.5) is 4.39 Å². The molecule has 4 heteroatoms. The third-order valence-electron chi connectivity index (χ3n) is 2.03. The third kappa shape index (κ3) is 3.83. The van der Waals surface area contributed by atoms with E-state index in [9.17, 15) is 14.0 Å². The number of rotatable bonds is 5. The molecule has 0 atom stereocenters. The van der Waals surface area contributed by atoms with Gasteiger partial charge in [-0.3, -0.25) is 0 Å². The second kappa shape index (κ2) is 6.58. The lowest BCUT2D eigenvalue weighted by Gasteiger charge is -2.04. The Morgan fingerprint density at radius 1 is 1.47 bits per heavy atom. The van der Waals surface area contributed by atoms with Gasteiger partial charge < -0.3 is 9.53 Å². The van der Waals surface area contributed by atoms with Gasteiger partial charge in [0.15, 0.2) is 0 Å².